The van der Waals surface area contributed by atoms with Crippen LogP contribution in [0.15, 0.2) is 0 Å². The van der Waals surface area contributed by atoms with Crippen LogP contribution < -0.4 is 5.32 Å². The maximum absolute atomic E-state index is 4.55. The summed E-state index contributed by atoms with van der Waals surface area (Å²) in [4.78, 5) is 2.47. The smallest absolute Gasteiger partial charge is 0.0644 e. The van der Waals surface area contributed by atoms with Crippen LogP contribution >= 0.6 is 0 Å². The van der Waals surface area contributed by atoms with Crippen LogP contribution in [0.4, 0.5) is 0 Å². The lowest BCUT2D eigenvalue weighted by atomic mass is 9.92. The Morgan fingerprint density at radius 2 is 2.06 bits per heavy atom. The zero-order valence-electron chi connectivity index (χ0n) is 11.6. The molecule has 4 nitrogen and oxygen atoms in total. The van der Waals surface area contributed by atoms with E-state index < -0.39 is 0 Å². The summed E-state index contributed by atoms with van der Waals surface area (Å²) in [6.45, 7) is 6.58. The number of likely N-dealkylation sites (tertiary alicyclic amines) is 1. The van der Waals surface area contributed by atoms with Crippen molar-refractivity contribution in [3.05, 3.63) is 17.0 Å². The molecule has 2 rings (SSSR count). The molecule has 0 amide bonds. The lowest BCUT2D eigenvalue weighted by molar-refractivity contribution is 0.272. The number of hydrogen-bond acceptors (Lipinski definition) is 3. The summed E-state index contributed by atoms with van der Waals surface area (Å²) in [6.07, 6.45) is 1.27. The van der Waals surface area contributed by atoms with E-state index in [1.807, 2.05) is 18.8 Å². The molecule has 2 unspecified atom stereocenters. The highest BCUT2D eigenvalue weighted by molar-refractivity contribution is 5.29. The largest absolute Gasteiger partial charge is 0.319 e. The summed E-state index contributed by atoms with van der Waals surface area (Å²) >= 11 is 0. The number of nitrogens with one attached hydrogen (secondary N) is 1. The molecule has 2 heterocycles. The highest BCUT2D eigenvalue weighted by Crippen LogP contribution is 2.38. The average Bonchev–Trinajstić information content (AvgIpc) is 2.72. The van der Waals surface area contributed by atoms with Crippen molar-refractivity contribution in [3.63, 3.8) is 0 Å². The predicted molar refractivity (Wildman–Crippen MR) is 70.1 cm³/mol. The molecular formula is C13H24N4. The summed E-state index contributed by atoms with van der Waals surface area (Å²) in [7, 11) is 6.30. The zero-order chi connectivity index (χ0) is 12.6. The Morgan fingerprint density at radius 1 is 1.35 bits per heavy atom. The minimum Gasteiger partial charge on any atom is -0.319 e. The third kappa shape index (κ3) is 2.11. The Balaban J connectivity index is 2.36. The van der Waals surface area contributed by atoms with E-state index in [0.29, 0.717) is 12.0 Å². The summed E-state index contributed by atoms with van der Waals surface area (Å²) < 4.78 is 2.01. The van der Waals surface area contributed by atoms with Gasteiger partial charge in [0.15, 0.2) is 0 Å². The van der Waals surface area contributed by atoms with Gasteiger partial charge in [-0.25, -0.2) is 0 Å². The molecule has 1 saturated heterocycles. The van der Waals surface area contributed by atoms with Crippen LogP contribution in [0.5, 0.6) is 0 Å². The number of nitrogens with zero attached hydrogens (tertiary/aromatic N) is 3. The first-order chi connectivity index (χ1) is 8.06. The topological polar surface area (TPSA) is 33.1 Å². The van der Waals surface area contributed by atoms with Gasteiger partial charge in [0.1, 0.15) is 0 Å². The van der Waals surface area contributed by atoms with E-state index in [9.17, 15) is 0 Å². The lowest BCUT2D eigenvalue weighted by Crippen LogP contribution is -2.27. The Bertz CT molecular complexity index is 394. The molecule has 1 aliphatic heterocycles. The quantitative estimate of drug-likeness (QED) is 0.857. The number of rotatable bonds is 3. The van der Waals surface area contributed by atoms with Crippen molar-refractivity contribution in [2.45, 2.75) is 26.3 Å². The van der Waals surface area contributed by atoms with E-state index in [4.69, 9.17) is 0 Å². The third-order valence-corrected chi connectivity index (χ3v) is 4.10. The molecule has 0 radical (unpaired) electrons. The van der Waals surface area contributed by atoms with Gasteiger partial charge in [0, 0.05) is 24.3 Å². The van der Waals surface area contributed by atoms with Gasteiger partial charge in [-0.1, -0.05) is 0 Å². The predicted octanol–water partition coefficient (Wildman–Crippen LogP) is 1.25. The van der Waals surface area contributed by atoms with Gasteiger partial charge in [-0.3, -0.25) is 9.58 Å². The first kappa shape index (κ1) is 12.6. The highest BCUT2D eigenvalue weighted by Gasteiger charge is 2.35. The first-order valence-electron chi connectivity index (χ1n) is 6.41. The van der Waals surface area contributed by atoms with Gasteiger partial charge in [0.25, 0.3) is 0 Å². The fourth-order valence-corrected chi connectivity index (χ4v) is 3.18. The fraction of sp³-hybridized carbons (Fsp3) is 0.769. The van der Waals surface area contributed by atoms with Crippen LogP contribution in [0.25, 0.3) is 0 Å². The van der Waals surface area contributed by atoms with Crippen molar-refractivity contribution in [1.82, 2.24) is 20.0 Å². The molecule has 0 saturated carbocycles. The van der Waals surface area contributed by atoms with Gasteiger partial charge in [-0.05, 0) is 53.4 Å². The van der Waals surface area contributed by atoms with Gasteiger partial charge >= 0.3 is 0 Å². The molecule has 17 heavy (non-hydrogen) atoms. The van der Waals surface area contributed by atoms with Crippen molar-refractivity contribution >= 4 is 0 Å². The summed E-state index contributed by atoms with van der Waals surface area (Å²) in [5, 5.41) is 7.88. The molecule has 0 spiro atoms. The van der Waals surface area contributed by atoms with Crippen molar-refractivity contribution in [3.8, 4) is 0 Å². The Labute approximate surface area is 104 Å². The fourth-order valence-electron chi connectivity index (χ4n) is 3.18. The van der Waals surface area contributed by atoms with Crippen LogP contribution in [-0.2, 0) is 7.05 Å². The summed E-state index contributed by atoms with van der Waals surface area (Å²) in [5.41, 5.74) is 3.93. The minimum atomic E-state index is 0.524. The molecule has 1 N–H and O–H groups in total. The molecular weight excluding hydrogens is 212 g/mol. The Morgan fingerprint density at radius 3 is 2.59 bits per heavy atom. The minimum absolute atomic E-state index is 0.524. The van der Waals surface area contributed by atoms with Crippen molar-refractivity contribution in [2.75, 3.05) is 27.2 Å². The summed E-state index contributed by atoms with van der Waals surface area (Å²) in [5.74, 6) is 0.701. The maximum Gasteiger partial charge on any atom is 0.0644 e. The second kappa shape index (κ2) is 4.78. The van der Waals surface area contributed by atoms with Crippen LogP contribution in [-0.4, -0.2) is 41.9 Å². The molecule has 2 atom stereocenters. The van der Waals surface area contributed by atoms with Gasteiger partial charge in [-0.2, -0.15) is 5.10 Å². The molecule has 4 heteroatoms. The van der Waals surface area contributed by atoms with Crippen LogP contribution in [0.1, 0.15) is 29.4 Å². The van der Waals surface area contributed by atoms with E-state index in [1.54, 1.807) is 0 Å². The van der Waals surface area contributed by atoms with Crippen molar-refractivity contribution in [1.29, 1.82) is 0 Å². The van der Waals surface area contributed by atoms with E-state index in [2.05, 4.69) is 36.2 Å². The summed E-state index contributed by atoms with van der Waals surface area (Å²) in [6, 6.07) is 0.524. The number of aromatic nitrogens is 2. The molecule has 1 aromatic heterocycles. The van der Waals surface area contributed by atoms with Gasteiger partial charge < -0.3 is 5.32 Å². The Kier molecular flexibility index (Phi) is 3.54. The average molecular weight is 236 g/mol. The van der Waals surface area contributed by atoms with E-state index in [1.165, 1.54) is 29.9 Å². The number of hydrogen-bond donors (Lipinski definition) is 1. The highest BCUT2D eigenvalue weighted by atomic mass is 15.3. The van der Waals surface area contributed by atoms with Crippen LogP contribution in [0.3, 0.4) is 0 Å². The zero-order valence-corrected chi connectivity index (χ0v) is 11.6. The second-order valence-corrected chi connectivity index (χ2v) is 5.24. The van der Waals surface area contributed by atoms with Gasteiger partial charge in [0.2, 0.25) is 0 Å². The normalized spacial score (nSPS) is 25.7. The third-order valence-electron chi connectivity index (χ3n) is 4.10. The van der Waals surface area contributed by atoms with Crippen LogP contribution in [0, 0.1) is 19.8 Å². The molecule has 1 fully saturated rings. The maximum atomic E-state index is 4.55. The van der Waals surface area contributed by atoms with Crippen molar-refractivity contribution < 1.29 is 0 Å². The monoisotopic (exact) mass is 236 g/mol. The lowest BCUT2D eigenvalue weighted by Gasteiger charge is -2.25. The first-order valence-corrected chi connectivity index (χ1v) is 6.41. The van der Waals surface area contributed by atoms with Crippen molar-refractivity contribution in [2.24, 2.45) is 13.0 Å². The molecule has 0 aromatic carbocycles. The van der Waals surface area contributed by atoms with Gasteiger partial charge in [0.05, 0.1) is 5.69 Å². The standard InChI is InChI=1S/C13H24N4/c1-9-12(10(2)17(5)15-9)13-11(8-14-3)6-7-16(13)4/h11,13-14H,6-8H2,1-5H3. The molecule has 96 valence electrons. The van der Waals surface area contributed by atoms with E-state index >= 15 is 0 Å². The second-order valence-electron chi connectivity index (χ2n) is 5.24. The van der Waals surface area contributed by atoms with Gasteiger partial charge in [-0.15, -0.1) is 0 Å². The van der Waals surface area contributed by atoms with E-state index in [-0.39, 0.29) is 0 Å². The van der Waals surface area contributed by atoms with Crippen LogP contribution in [0.2, 0.25) is 0 Å². The molecule has 1 aliphatic rings. The Hall–Kier alpha value is -0.870. The number of aryl methyl sites for hydroxylation is 2. The SMILES string of the molecule is CNCC1CCN(C)C1c1c(C)nn(C)c1C. The molecule has 0 aliphatic carbocycles. The molecule has 0 bridgehead atoms. The molecule has 1 aromatic rings. The van der Waals surface area contributed by atoms with E-state index in [0.717, 1.165) is 6.54 Å².